The number of likely N-dealkylation sites (N-methyl/N-ethyl adjacent to an activating group) is 1. The van der Waals surface area contributed by atoms with Gasteiger partial charge in [0, 0.05) is 18.3 Å². The molecule has 0 spiro atoms. The molecule has 0 amide bonds. The molecule has 0 aromatic heterocycles. The van der Waals surface area contributed by atoms with E-state index in [4.69, 9.17) is 4.74 Å². The molecule has 2 aromatic rings. The molecule has 2 nitrogen and oxygen atoms in total. The molecule has 0 radical (unpaired) electrons. The summed E-state index contributed by atoms with van der Waals surface area (Å²) in [6, 6.07) is 17.6. The van der Waals surface area contributed by atoms with Gasteiger partial charge in [-0.15, -0.1) is 0 Å². The summed E-state index contributed by atoms with van der Waals surface area (Å²) in [6.07, 6.45) is 4.56. The number of nitrogens with zero attached hydrogens (tertiary/aromatic N) is 1. The third-order valence-corrected chi connectivity index (χ3v) is 6.13. The average Bonchev–Trinajstić information content (AvgIpc) is 3.15. The Morgan fingerprint density at radius 3 is 2.74 bits per heavy atom. The lowest BCUT2D eigenvalue weighted by molar-refractivity contribution is 0.0310. The van der Waals surface area contributed by atoms with E-state index < -0.39 is 0 Å². The maximum Gasteiger partial charge on any atom is 0.144 e. The molecule has 1 aliphatic carbocycles. The van der Waals surface area contributed by atoms with Crippen molar-refractivity contribution in [3.8, 4) is 0 Å². The molecule has 2 heteroatoms. The normalized spacial score (nSPS) is 30.9. The first-order valence-electron chi connectivity index (χ1n) is 8.44. The van der Waals surface area contributed by atoms with Crippen LogP contribution in [0, 0.1) is 6.92 Å². The Bertz CT molecular complexity index is 825. The maximum absolute atomic E-state index is 6.59. The summed E-state index contributed by atoms with van der Waals surface area (Å²) in [5.41, 5.74) is 6.38. The molecule has 1 saturated heterocycles. The van der Waals surface area contributed by atoms with Crippen LogP contribution in [0.2, 0.25) is 0 Å². The van der Waals surface area contributed by atoms with Gasteiger partial charge < -0.3 is 9.64 Å². The van der Waals surface area contributed by atoms with Crippen molar-refractivity contribution in [2.24, 2.45) is 0 Å². The van der Waals surface area contributed by atoms with E-state index in [-0.39, 0.29) is 11.1 Å². The molecule has 116 valence electrons. The molecule has 3 aliphatic rings. The quantitative estimate of drug-likeness (QED) is 0.779. The molecule has 0 saturated carbocycles. The van der Waals surface area contributed by atoms with Crippen LogP contribution in [0.25, 0.3) is 5.57 Å². The van der Waals surface area contributed by atoms with Crippen LogP contribution in [0.15, 0.2) is 54.6 Å². The van der Waals surface area contributed by atoms with E-state index in [2.05, 4.69) is 73.5 Å². The fraction of sp³-hybridized carbons (Fsp3) is 0.333. The number of hydrogen-bond acceptors (Lipinski definition) is 2. The van der Waals surface area contributed by atoms with Crippen molar-refractivity contribution in [3.63, 3.8) is 0 Å². The number of benzene rings is 2. The van der Waals surface area contributed by atoms with E-state index in [0.717, 1.165) is 19.4 Å². The van der Waals surface area contributed by atoms with Crippen LogP contribution < -0.4 is 4.90 Å². The highest BCUT2D eigenvalue weighted by Gasteiger charge is 2.68. The molecule has 23 heavy (non-hydrogen) atoms. The van der Waals surface area contributed by atoms with Crippen molar-refractivity contribution in [1.29, 1.82) is 0 Å². The molecular formula is C21H21NO. The third-order valence-electron chi connectivity index (χ3n) is 6.13. The molecule has 1 fully saturated rings. The zero-order chi connectivity index (χ0) is 15.7. The van der Waals surface area contributed by atoms with Crippen LogP contribution >= 0.6 is 0 Å². The minimum atomic E-state index is -0.301. The monoisotopic (exact) mass is 303 g/mol. The van der Waals surface area contributed by atoms with Gasteiger partial charge in [-0.05, 0) is 37.0 Å². The predicted octanol–water partition coefficient (Wildman–Crippen LogP) is 4.29. The summed E-state index contributed by atoms with van der Waals surface area (Å²) in [5.74, 6) is 0. The zero-order valence-corrected chi connectivity index (χ0v) is 13.7. The SMILES string of the molecule is Cc1ccc2c(c1)[C@]13OCC[C@]1(CC=C3c1ccccc1)N2C. The first-order chi connectivity index (χ1) is 11.2. The van der Waals surface area contributed by atoms with Crippen LogP contribution in [0.3, 0.4) is 0 Å². The van der Waals surface area contributed by atoms with Crippen LogP contribution in [-0.4, -0.2) is 19.2 Å². The Morgan fingerprint density at radius 1 is 1.09 bits per heavy atom. The summed E-state index contributed by atoms with van der Waals surface area (Å²) < 4.78 is 6.59. The fourth-order valence-electron chi connectivity index (χ4n) is 5.08. The summed E-state index contributed by atoms with van der Waals surface area (Å²) in [5, 5.41) is 0. The minimum Gasteiger partial charge on any atom is -0.365 e. The van der Waals surface area contributed by atoms with Gasteiger partial charge >= 0.3 is 0 Å². The zero-order valence-electron chi connectivity index (χ0n) is 13.7. The van der Waals surface area contributed by atoms with Gasteiger partial charge in [0.05, 0.1) is 12.1 Å². The Hall–Kier alpha value is -2.06. The van der Waals surface area contributed by atoms with Crippen molar-refractivity contribution in [2.45, 2.75) is 30.9 Å². The molecule has 2 heterocycles. The number of aryl methyl sites for hydroxylation is 1. The van der Waals surface area contributed by atoms with Crippen molar-refractivity contribution in [1.82, 2.24) is 0 Å². The second kappa shape index (κ2) is 4.27. The van der Waals surface area contributed by atoms with Gasteiger partial charge in [0.25, 0.3) is 0 Å². The lowest BCUT2D eigenvalue weighted by Crippen LogP contribution is -2.51. The Kier molecular flexibility index (Phi) is 2.48. The van der Waals surface area contributed by atoms with E-state index in [9.17, 15) is 0 Å². The van der Waals surface area contributed by atoms with E-state index >= 15 is 0 Å². The Morgan fingerprint density at radius 2 is 1.91 bits per heavy atom. The summed E-state index contributed by atoms with van der Waals surface area (Å²) in [6.45, 7) is 3.01. The summed E-state index contributed by atoms with van der Waals surface area (Å²) in [7, 11) is 2.24. The van der Waals surface area contributed by atoms with Gasteiger partial charge in [-0.1, -0.05) is 54.1 Å². The highest BCUT2D eigenvalue weighted by atomic mass is 16.5. The standard InChI is InChI=1S/C21H21NO/c1-15-8-9-19-18(14-15)21-17(16-6-4-3-5-7-16)10-11-20(21,22(19)2)12-13-23-21/h3-10,14H,11-13H2,1-2H3/t20-,21-/m0/s1. The molecule has 5 rings (SSSR count). The van der Waals surface area contributed by atoms with Gasteiger partial charge in [0.15, 0.2) is 0 Å². The van der Waals surface area contributed by atoms with E-state index in [1.54, 1.807) is 0 Å². The molecule has 0 N–H and O–H groups in total. The summed E-state index contributed by atoms with van der Waals surface area (Å²) in [4.78, 5) is 2.49. The second-order valence-corrected chi connectivity index (χ2v) is 7.08. The molecular weight excluding hydrogens is 282 g/mol. The van der Waals surface area contributed by atoms with Gasteiger partial charge in [-0.2, -0.15) is 0 Å². The molecule has 2 aromatic carbocycles. The number of fused-ring (bicyclic) bond motifs is 1. The Balaban J connectivity index is 1.81. The van der Waals surface area contributed by atoms with Crippen molar-refractivity contribution >= 4 is 11.3 Å². The molecule has 2 aliphatic heterocycles. The minimum absolute atomic E-state index is 0.0499. The fourth-order valence-corrected chi connectivity index (χ4v) is 5.08. The van der Waals surface area contributed by atoms with Crippen LogP contribution in [0.5, 0.6) is 0 Å². The second-order valence-electron chi connectivity index (χ2n) is 7.08. The third kappa shape index (κ3) is 1.39. The van der Waals surface area contributed by atoms with Crippen LogP contribution in [0.4, 0.5) is 5.69 Å². The smallest absolute Gasteiger partial charge is 0.144 e. The molecule has 0 unspecified atom stereocenters. The number of hydrogen-bond donors (Lipinski definition) is 0. The van der Waals surface area contributed by atoms with Crippen molar-refractivity contribution in [3.05, 3.63) is 71.3 Å². The highest BCUT2D eigenvalue weighted by Crippen LogP contribution is 2.66. The van der Waals surface area contributed by atoms with Crippen LogP contribution in [0.1, 0.15) is 29.5 Å². The predicted molar refractivity (Wildman–Crippen MR) is 93.6 cm³/mol. The van der Waals surface area contributed by atoms with Gasteiger partial charge in [0.2, 0.25) is 0 Å². The summed E-state index contributed by atoms with van der Waals surface area (Å²) >= 11 is 0. The first-order valence-corrected chi connectivity index (χ1v) is 8.44. The van der Waals surface area contributed by atoms with E-state index in [1.807, 2.05) is 0 Å². The molecule has 2 atom stereocenters. The number of ether oxygens (including phenoxy) is 1. The molecule has 0 bridgehead atoms. The van der Waals surface area contributed by atoms with Crippen LogP contribution in [-0.2, 0) is 10.3 Å². The first kappa shape index (κ1) is 13.4. The van der Waals surface area contributed by atoms with Gasteiger partial charge in [0.1, 0.15) is 5.60 Å². The van der Waals surface area contributed by atoms with Crippen molar-refractivity contribution in [2.75, 3.05) is 18.6 Å². The maximum atomic E-state index is 6.59. The van der Waals surface area contributed by atoms with Gasteiger partial charge in [-0.3, -0.25) is 0 Å². The Labute approximate surface area is 137 Å². The number of anilines is 1. The largest absolute Gasteiger partial charge is 0.365 e. The van der Waals surface area contributed by atoms with E-state index in [0.29, 0.717) is 0 Å². The van der Waals surface area contributed by atoms with E-state index in [1.165, 1.54) is 28.0 Å². The lowest BCUT2D eigenvalue weighted by atomic mass is 9.75. The van der Waals surface area contributed by atoms with Crippen molar-refractivity contribution < 1.29 is 4.74 Å². The van der Waals surface area contributed by atoms with Gasteiger partial charge in [-0.25, -0.2) is 0 Å². The topological polar surface area (TPSA) is 12.5 Å². The highest BCUT2D eigenvalue weighted by molar-refractivity contribution is 5.87. The lowest BCUT2D eigenvalue weighted by Gasteiger charge is -2.40. The average molecular weight is 303 g/mol. The number of rotatable bonds is 1.